The Kier molecular flexibility index (Phi) is 22.1. The van der Waals surface area contributed by atoms with Crippen LogP contribution in [0.15, 0.2) is 12.2 Å². The summed E-state index contributed by atoms with van der Waals surface area (Å²) < 4.78 is 0. The summed E-state index contributed by atoms with van der Waals surface area (Å²) in [5.74, 6) is -0.914. The number of unbranched alkanes of at least 4 members (excludes halogenated alkanes) is 11. The Hall–Kier alpha value is -0.0497. The minimum atomic E-state index is -0.914. The van der Waals surface area contributed by atoms with Crippen molar-refractivity contribution < 1.29 is 32.3 Å². The maximum atomic E-state index is 10.2. The monoisotopic (exact) mass is 388 g/mol. The number of carboxylic acid groups (broad SMARTS) is 1. The largest absolute Gasteiger partial charge is 1.00 e. The number of carbonyl (C=O) groups is 1. The quantitative estimate of drug-likeness (QED) is 0.230. The van der Waals surface area contributed by atoms with Crippen LogP contribution in [-0.4, -0.2) is 5.97 Å². The smallest absolute Gasteiger partial charge is 0.550 e. The van der Waals surface area contributed by atoms with Gasteiger partial charge in [-0.15, -0.1) is 0 Å². The van der Waals surface area contributed by atoms with Crippen molar-refractivity contribution in [3.05, 3.63) is 12.2 Å². The third kappa shape index (κ3) is 22.4. The Morgan fingerprint density at radius 3 is 1.67 bits per heavy atom. The summed E-state index contributed by atoms with van der Waals surface area (Å²) in [6.07, 6.45) is 20.9. The SMILES string of the molecule is CCCCCCCC/C=C\CCCCCCCC(=O)[O-].[Ag+]. The fraction of sp³-hybridized carbons (Fsp3) is 0.833. The van der Waals surface area contributed by atoms with Gasteiger partial charge in [0.25, 0.3) is 0 Å². The molecule has 0 N–H and O–H groups in total. The average Bonchev–Trinajstić information content (AvgIpc) is 2.43. The van der Waals surface area contributed by atoms with Crippen LogP contribution in [-0.2, 0) is 27.2 Å². The predicted octanol–water partition coefficient (Wildman–Crippen LogP) is 4.77. The van der Waals surface area contributed by atoms with Gasteiger partial charge in [-0.1, -0.05) is 70.4 Å². The molecule has 0 radical (unpaired) electrons. The van der Waals surface area contributed by atoms with Gasteiger partial charge in [-0.2, -0.15) is 0 Å². The molecule has 0 saturated heterocycles. The normalized spacial score (nSPS) is 10.7. The van der Waals surface area contributed by atoms with Gasteiger partial charge in [-0.3, -0.25) is 0 Å². The second kappa shape index (κ2) is 20.0. The van der Waals surface area contributed by atoms with Crippen molar-refractivity contribution >= 4 is 5.97 Å². The first-order valence-electron chi connectivity index (χ1n) is 8.62. The van der Waals surface area contributed by atoms with Gasteiger partial charge >= 0.3 is 22.4 Å². The van der Waals surface area contributed by atoms with Crippen molar-refractivity contribution in [1.29, 1.82) is 0 Å². The van der Waals surface area contributed by atoms with Crippen molar-refractivity contribution in [2.24, 2.45) is 0 Å². The van der Waals surface area contributed by atoms with Crippen LogP contribution in [0.3, 0.4) is 0 Å². The molecule has 0 rings (SSSR count). The minimum absolute atomic E-state index is 0. The van der Waals surface area contributed by atoms with Gasteiger partial charge in [0.05, 0.1) is 0 Å². The van der Waals surface area contributed by atoms with E-state index in [1.165, 1.54) is 64.2 Å². The van der Waals surface area contributed by atoms with E-state index in [0.29, 0.717) is 0 Å². The number of aliphatic carboxylic acids is 1. The van der Waals surface area contributed by atoms with Gasteiger partial charge < -0.3 is 9.90 Å². The first-order valence-corrected chi connectivity index (χ1v) is 8.62. The topological polar surface area (TPSA) is 40.1 Å². The van der Waals surface area contributed by atoms with Gasteiger partial charge in [0.2, 0.25) is 0 Å². The number of carbonyl (C=O) groups excluding carboxylic acids is 1. The zero-order valence-electron chi connectivity index (χ0n) is 13.7. The summed E-state index contributed by atoms with van der Waals surface area (Å²) in [6, 6.07) is 0. The summed E-state index contributed by atoms with van der Waals surface area (Å²) in [7, 11) is 0. The molecule has 0 unspecified atom stereocenters. The maximum absolute atomic E-state index is 10.2. The number of carboxylic acids is 1. The van der Waals surface area contributed by atoms with Gasteiger partial charge in [-0.25, -0.2) is 0 Å². The Labute approximate surface area is 147 Å². The van der Waals surface area contributed by atoms with Crippen molar-refractivity contribution in [2.75, 3.05) is 0 Å². The minimum Gasteiger partial charge on any atom is -0.550 e. The van der Waals surface area contributed by atoms with Gasteiger partial charge in [0, 0.05) is 5.97 Å². The van der Waals surface area contributed by atoms with Crippen molar-refractivity contribution in [1.82, 2.24) is 0 Å². The van der Waals surface area contributed by atoms with E-state index in [4.69, 9.17) is 0 Å². The van der Waals surface area contributed by atoms with Crippen LogP contribution in [0.4, 0.5) is 0 Å². The summed E-state index contributed by atoms with van der Waals surface area (Å²) in [4.78, 5) is 10.2. The molecule has 128 valence electrons. The molecule has 0 spiro atoms. The summed E-state index contributed by atoms with van der Waals surface area (Å²) in [6.45, 7) is 2.26. The molecule has 0 atom stereocenters. The van der Waals surface area contributed by atoms with Crippen LogP contribution >= 0.6 is 0 Å². The van der Waals surface area contributed by atoms with Crippen molar-refractivity contribution in [3.8, 4) is 0 Å². The van der Waals surface area contributed by atoms with Crippen LogP contribution in [0.5, 0.6) is 0 Å². The molecule has 2 nitrogen and oxygen atoms in total. The number of hydrogen-bond acceptors (Lipinski definition) is 2. The van der Waals surface area contributed by atoms with E-state index in [9.17, 15) is 9.90 Å². The summed E-state index contributed by atoms with van der Waals surface area (Å²) in [5, 5.41) is 10.2. The molecule has 0 amide bonds. The Morgan fingerprint density at radius 2 is 1.19 bits per heavy atom. The number of hydrogen-bond donors (Lipinski definition) is 0. The van der Waals surface area contributed by atoms with Crippen LogP contribution in [0.2, 0.25) is 0 Å². The van der Waals surface area contributed by atoms with E-state index in [1.807, 2.05) is 0 Å². The first kappa shape index (κ1) is 23.2. The van der Waals surface area contributed by atoms with E-state index in [0.717, 1.165) is 19.3 Å². The number of allylic oxidation sites excluding steroid dienone is 2. The van der Waals surface area contributed by atoms with E-state index in [-0.39, 0.29) is 28.8 Å². The van der Waals surface area contributed by atoms with E-state index in [1.54, 1.807) is 0 Å². The molecular formula is C18H33AgO2. The Balaban J connectivity index is 0. The first-order chi connectivity index (χ1) is 9.77. The van der Waals surface area contributed by atoms with E-state index in [2.05, 4.69) is 19.1 Å². The van der Waals surface area contributed by atoms with Crippen LogP contribution in [0.1, 0.15) is 96.8 Å². The molecule has 0 bridgehead atoms. The number of rotatable bonds is 15. The maximum Gasteiger partial charge on any atom is 1.00 e. The molecule has 0 aromatic rings. The molecule has 0 aliphatic rings. The second-order valence-corrected chi connectivity index (χ2v) is 5.71. The van der Waals surface area contributed by atoms with E-state index < -0.39 is 5.97 Å². The molecule has 0 fully saturated rings. The second-order valence-electron chi connectivity index (χ2n) is 5.71. The molecule has 0 aliphatic carbocycles. The van der Waals surface area contributed by atoms with Crippen LogP contribution in [0, 0.1) is 0 Å². The fourth-order valence-corrected chi connectivity index (χ4v) is 2.34. The predicted molar refractivity (Wildman–Crippen MR) is 84.5 cm³/mol. The fourth-order valence-electron chi connectivity index (χ4n) is 2.34. The molecular weight excluding hydrogens is 356 g/mol. The van der Waals surface area contributed by atoms with Crippen LogP contribution < -0.4 is 5.11 Å². The Bertz CT molecular complexity index is 239. The Morgan fingerprint density at radius 1 is 0.762 bits per heavy atom. The molecule has 0 heterocycles. The summed E-state index contributed by atoms with van der Waals surface area (Å²) in [5.41, 5.74) is 0. The van der Waals surface area contributed by atoms with Crippen LogP contribution in [0.25, 0.3) is 0 Å². The average molecular weight is 389 g/mol. The van der Waals surface area contributed by atoms with Crippen molar-refractivity contribution in [2.45, 2.75) is 96.8 Å². The third-order valence-electron chi connectivity index (χ3n) is 3.64. The molecule has 21 heavy (non-hydrogen) atoms. The molecule has 0 aromatic heterocycles. The zero-order chi connectivity index (χ0) is 14.9. The third-order valence-corrected chi connectivity index (χ3v) is 3.64. The van der Waals surface area contributed by atoms with Gasteiger partial charge in [-0.05, 0) is 38.5 Å². The molecule has 3 heteroatoms. The standard InChI is InChI=1S/C18H34O2.Ag/c1-2-3-4-5-6-7-8-9-10-11-12-13-14-15-16-17-18(19)20;/h9-10H,2-8,11-17H2,1H3,(H,19,20);/q;+1/p-1/b10-9-;. The zero-order valence-corrected chi connectivity index (χ0v) is 15.2. The van der Waals surface area contributed by atoms with Gasteiger partial charge in [0.15, 0.2) is 0 Å². The molecule has 0 saturated carbocycles. The molecule has 0 aliphatic heterocycles. The van der Waals surface area contributed by atoms with E-state index >= 15 is 0 Å². The van der Waals surface area contributed by atoms with Crippen molar-refractivity contribution in [3.63, 3.8) is 0 Å². The van der Waals surface area contributed by atoms with Gasteiger partial charge in [0.1, 0.15) is 0 Å². The molecule has 0 aromatic carbocycles. The summed E-state index contributed by atoms with van der Waals surface area (Å²) >= 11 is 0.